The highest BCUT2D eigenvalue weighted by Gasteiger charge is 2.15. The first-order valence-electron chi connectivity index (χ1n) is 8.57. The molecule has 6 heteroatoms. The van der Waals surface area contributed by atoms with Crippen LogP contribution in [0.25, 0.3) is 32.1 Å². The molecule has 1 atom stereocenters. The predicted molar refractivity (Wildman–Crippen MR) is 116 cm³/mol. The number of fused-ring (bicyclic) bond motifs is 3. The van der Waals surface area contributed by atoms with Gasteiger partial charge in [0, 0.05) is 22.3 Å². The maximum atomic E-state index is 12.3. The Bertz CT molecular complexity index is 1150. The molecule has 4 rings (SSSR count). The van der Waals surface area contributed by atoms with Gasteiger partial charge in [0.05, 0.1) is 6.61 Å². The number of aliphatic hydroxyl groups excluding tert-OH is 1. The molecule has 0 radical (unpaired) electrons. The topological polar surface area (TPSA) is 65.1 Å². The van der Waals surface area contributed by atoms with Crippen molar-refractivity contribution in [2.24, 2.45) is 0 Å². The Morgan fingerprint density at radius 1 is 1.15 bits per heavy atom. The number of pyridine rings is 1. The van der Waals surface area contributed by atoms with E-state index in [1.54, 1.807) is 0 Å². The number of benzene rings is 2. The maximum Gasteiger partial charge on any atom is 0.266 e. The molecule has 27 heavy (non-hydrogen) atoms. The number of H-pyrrole nitrogens is 1. The molecule has 0 aliphatic heterocycles. The van der Waals surface area contributed by atoms with E-state index in [9.17, 15) is 9.90 Å². The normalized spacial score (nSPS) is 12.3. The fourth-order valence-corrected chi connectivity index (χ4v) is 4.25. The van der Waals surface area contributed by atoms with Gasteiger partial charge in [0.1, 0.15) is 4.70 Å². The van der Waals surface area contributed by atoms with Gasteiger partial charge in [0.15, 0.2) is 0 Å². The summed E-state index contributed by atoms with van der Waals surface area (Å²) in [5.41, 5.74) is 4.80. The Balaban J connectivity index is 0.00000210. The smallest absolute Gasteiger partial charge is 0.266 e. The Labute approximate surface area is 167 Å². The van der Waals surface area contributed by atoms with Gasteiger partial charge in [-0.1, -0.05) is 30.3 Å². The largest absolute Gasteiger partial charge is 0.392 e. The van der Waals surface area contributed by atoms with Gasteiger partial charge in [-0.25, -0.2) is 0 Å². The predicted octanol–water partition coefficient (Wildman–Crippen LogP) is 4.60. The van der Waals surface area contributed by atoms with E-state index in [1.165, 1.54) is 16.9 Å². The molecule has 0 spiro atoms. The highest BCUT2D eigenvalue weighted by atomic mass is 35.5. The summed E-state index contributed by atoms with van der Waals surface area (Å²) in [5, 5.41) is 17.0. The third-order valence-electron chi connectivity index (χ3n) is 4.98. The summed E-state index contributed by atoms with van der Waals surface area (Å²) in [6.07, 6.45) is 0. The van der Waals surface area contributed by atoms with Gasteiger partial charge in [-0.2, -0.15) is 0 Å². The van der Waals surface area contributed by atoms with Crippen LogP contribution in [-0.4, -0.2) is 17.1 Å². The quantitative estimate of drug-likeness (QED) is 0.469. The number of aromatic nitrogens is 1. The average Bonchev–Trinajstić information content (AvgIpc) is 3.17. The molecular weight excluding hydrogens is 380 g/mol. The second kappa shape index (κ2) is 7.82. The number of hydrogen-bond donors (Lipinski definition) is 3. The second-order valence-corrected chi connectivity index (χ2v) is 7.35. The summed E-state index contributed by atoms with van der Waals surface area (Å²) < 4.78 is 0.717. The molecule has 4 nitrogen and oxygen atoms in total. The van der Waals surface area contributed by atoms with Crippen molar-refractivity contribution in [3.05, 3.63) is 69.3 Å². The van der Waals surface area contributed by atoms with Gasteiger partial charge in [0.25, 0.3) is 5.56 Å². The molecule has 1 unspecified atom stereocenters. The van der Waals surface area contributed by atoms with Crippen molar-refractivity contribution < 1.29 is 5.11 Å². The molecule has 0 fully saturated rings. The molecule has 4 aromatic rings. The minimum absolute atomic E-state index is 0. The first kappa shape index (κ1) is 19.6. The number of aliphatic hydroxyl groups is 1. The van der Waals surface area contributed by atoms with Crippen LogP contribution in [0.4, 0.5) is 0 Å². The molecule has 0 amide bonds. The lowest BCUT2D eigenvalue weighted by Gasteiger charge is -2.15. The molecule has 2 aromatic heterocycles. The number of thiophene rings is 1. The minimum Gasteiger partial charge on any atom is -0.392 e. The highest BCUT2D eigenvalue weighted by molar-refractivity contribution is 7.17. The molecule has 0 saturated heterocycles. The molecule has 0 aliphatic carbocycles. The summed E-state index contributed by atoms with van der Waals surface area (Å²) in [6.45, 7) is 2.07. The summed E-state index contributed by atoms with van der Waals surface area (Å²) in [7, 11) is 1.94. The summed E-state index contributed by atoms with van der Waals surface area (Å²) in [4.78, 5) is 15.3. The zero-order chi connectivity index (χ0) is 18.3. The molecule has 0 saturated carbocycles. The van der Waals surface area contributed by atoms with Crippen molar-refractivity contribution in [1.82, 2.24) is 10.3 Å². The summed E-state index contributed by atoms with van der Waals surface area (Å²) in [5.74, 6) is 0. The van der Waals surface area contributed by atoms with Gasteiger partial charge >= 0.3 is 0 Å². The standard InChI is InChI=1S/C21H20N2O2S.ClH/c1-12(22-2)13-3-5-14(6-4-13)18-15(11-24)7-8-17-19(18)16-9-10-26-20(16)21(25)23-17;/h3-10,12,22,24H,11H2,1-2H3,(H,23,25);1H. The van der Waals surface area contributed by atoms with Crippen LogP contribution in [0.15, 0.2) is 52.6 Å². The van der Waals surface area contributed by atoms with Crippen molar-refractivity contribution in [3.63, 3.8) is 0 Å². The second-order valence-electron chi connectivity index (χ2n) is 6.43. The molecule has 0 aliphatic rings. The van der Waals surface area contributed by atoms with Crippen LogP contribution in [0.5, 0.6) is 0 Å². The molecule has 2 aromatic carbocycles. The molecule has 140 valence electrons. The van der Waals surface area contributed by atoms with Crippen LogP contribution in [0.2, 0.25) is 0 Å². The summed E-state index contributed by atoms with van der Waals surface area (Å²) in [6, 6.07) is 14.4. The Hall–Kier alpha value is -2.18. The van der Waals surface area contributed by atoms with Crippen LogP contribution in [0.1, 0.15) is 24.1 Å². The number of rotatable bonds is 4. The minimum atomic E-state index is -0.0663. The van der Waals surface area contributed by atoms with E-state index in [0.717, 1.165) is 33.0 Å². The van der Waals surface area contributed by atoms with Gasteiger partial charge in [0.2, 0.25) is 0 Å². The monoisotopic (exact) mass is 400 g/mol. The zero-order valence-electron chi connectivity index (χ0n) is 15.1. The number of aromatic amines is 1. The highest BCUT2D eigenvalue weighted by Crippen LogP contribution is 2.37. The Morgan fingerprint density at radius 3 is 2.56 bits per heavy atom. The van der Waals surface area contributed by atoms with E-state index >= 15 is 0 Å². The number of halogens is 1. The van der Waals surface area contributed by atoms with Gasteiger partial charge in [-0.15, -0.1) is 23.7 Å². The van der Waals surface area contributed by atoms with Crippen LogP contribution in [0, 0.1) is 0 Å². The fraction of sp³-hybridized carbons (Fsp3) is 0.190. The van der Waals surface area contributed by atoms with Crippen molar-refractivity contribution in [2.45, 2.75) is 19.6 Å². The van der Waals surface area contributed by atoms with E-state index < -0.39 is 0 Å². The van der Waals surface area contributed by atoms with Gasteiger partial charge < -0.3 is 15.4 Å². The summed E-state index contributed by atoms with van der Waals surface area (Å²) >= 11 is 1.44. The zero-order valence-corrected chi connectivity index (χ0v) is 16.7. The van der Waals surface area contributed by atoms with Gasteiger partial charge in [-0.3, -0.25) is 4.79 Å². The Morgan fingerprint density at radius 2 is 1.89 bits per heavy atom. The van der Waals surface area contributed by atoms with E-state index in [-0.39, 0.29) is 30.6 Å². The van der Waals surface area contributed by atoms with Crippen molar-refractivity contribution in [2.75, 3.05) is 7.05 Å². The SMILES string of the molecule is CNC(C)c1ccc(-c2c(CO)ccc3[nH]c(=O)c4sccc4c23)cc1.Cl. The maximum absolute atomic E-state index is 12.3. The van der Waals surface area contributed by atoms with E-state index in [2.05, 4.69) is 41.5 Å². The van der Waals surface area contributed by atoms with Crippen LogP contribution in [0.3, 0.4) is 0 Å². The van der Waals surface area contributed by atoms with Crippen molar-refractivity contribution >= 4 is 44.7 Å². The first-order chi connectivity index (χ1) is 12.6. The van der Waals surface area contributed by atoms with Crippen molar-refractivity contribution in [1.29, 1.82) is 0 Å². The van der Waals surface area contributed by atoms with Crippen molar-refractivity contribution in [3.8, 4) is 11.1 Å². The molecular formula is C21H21ClN2O2S. The third-order valence-corrected chi connectivity index (χ3v) is 5.90. The number of hydrogen-bond acceptors (Lipinski definition) is 4. The van der Waals surface area contributed by atoms with E-state index in [4.69, 9.17) is 0 Å². The first-order valence-corrected chi connectivity index (χ1v) is 9.45. The average molecular weight is 401 g/mol. The fourth-order valence-electron chi connectivity index (χ4n) is 3.46. The van der Waals surface area contributed by atoms with Gasteiger partial charge in [-0.05, 0) is 53.7 Å². The molecule has 2 heterocycles. The molecule has 0 bridgehead atoms. The molecule has 3 N–H and O–H groups in total. The lowest BCUT2D eigenvalue weighted by atomic mass is 9.92. The Kier molecular flexibility index (Phi) is 5.67. The number of nitrogens with one attached hydrogen (secondary N) is 2. The van der Waals surface area contributed by atoms with Crippen LogP contribution in [-0.2, 0) is 6.61 Å². The van der Waals surface area contributed by atoms with E-state index in [0.29, 0.717) is 4.70 Å². The lowest BCUT2D eigenvalue weighted by Crippen LogP contribution is -2.11. The van der Waals surface area contributed by atoms with Crippen LogP contribution >= 0.6 is 23.7 Å². The van der Waals surface area contributed by atoms with Crippen LogP contribution < -0.4 is 10.9 Å². The van der Waals surface area contributed by atoms with E-state index in [1.807, 2.05) is 30.6 Å². The lowest BCUT2D eigenvalue weighted by molar-refractivity contribution is 0.282. The third kappa shape index (κ3) is 3.28.